The second-order valence-electron chi connectivity index (χ2n) is 5.38. The number of benzene rings is 2. The van der Waals surface area contributed by atoms with Crippen LogP contribution in [0.1, 0.15) is 27.9 Å². The molecule has 0 atom stereocenters. The van der Waals surface area contributed by atoms with Gasteiger partial charge in [-0.1, -0.05) is 17.7 Å². The maximum absolute atomic E-state index is 12.3. The zero-order valence-electron chi connectivity index (χ0n) is 11.9. The van der Waals surface area contributed by atoms with Gasteiger partial charge in [-0.2, -0.15) is 0 Å². The first-order valence-corrected chi connectivity index (χ1v) is 7.11. The van der Waals surface area contributed by atoms with E-state index in [1.165, 1.54) is 5.56 Å². The van der Waals surface area contributed by atoms with E-state index in [0.717, 1.165) is 36.3 Å². The van der Waals surface area contributed by atoms with E-state index >= 15 is 0 Å². The molecule has 0 unspecified atom stereocenters. The number of carbonyl (C=O) groups is 1. The molecule has 0 aromatic heterocycles. The smallest absolute Gasteiger partial charge is 0.259 e. The summed E-state index contributed by atoms with van der Waals surface area (Å²) >= 11 is 0. The van der Waals surface area contributed by atoms with E-state index in [0.29, 0.717) is 5.56 Å². The van der Waals surface area contributed by atoms with Gasteiger partial charge in [0.1, 0.15) is 5.75 Å². The first-order valence-electron chi connectivity index (χ1n) is 7.11. The first-order chi connectivity index (χ1) is 10.1. The number of hydrogen-bond donors (Lipinski definition) is 3. The Morgan fingerprint density at radius 1 is 1.24 bits per heavy atom. The van der Waals surface area contributed by atoms with Crippen LogP contribution in [-0.2, 0) is 6.42 Å². The molecule has 0 spiro atoms. The van der Waals surface area contributed by atoms with Crippen LogP contribution in [0.4, 0.5) is 11.4 Å². The molecule has 4 nitrogen and oxygen atoms in total. The number of aromatic hydroxyl groups is 1. The Labute approximate surface area is 123 Å². The van der Waals surface area contributed by atoms with Gasteiger partial charge in [0.05, 0.1) is 5.56 Å². The SMILES string of the molecule is Cc1ccc(O)c(C(=O)Nc2ccc3c(c2)NCCC3)c1. The molecule has 1 aliphatic rings. The number of carbonyl (C=O) groups excluding carboxylic acids is 1. The summed E-state index contributed by atoms with van der Waals surface area (Å²) in [4.78, 5) is 12.3. The molecule has 3 N–H and O–H groups in total. The highest BCUT2D eigenvalue weighted by Gasteiger charge is 2.13. The van der Waals surface area contributed by atoms with Crippen LogP contribution in [0.15, 0.2) is 36.4 Å². The highest BCUT2D eigenvalue weighted by Crippen LogP contribution is 2.26. The lowest BCUT2D eigenvalue weighted by Gasteiger charge is -2.19. The van der Waals surface area contributed by atoms with Crippen LogP contribution in [0.25, 0.3) is 0 Å². The largest absolute Gasteiger partial charge is 0.507 e. The molecule has 0 aliphatic carbocycles. The van der Waals surface area contributed by atoms with Gasteiger partial charge in [-0.3, -0.25) is 4.79 Å². The summed E-state index contributed by atoms with van der Waals surface area (Å²) in [5.41, 5.74) is 4.31. The van der Waals surface area contributed by atoms with E-state index in [2.05, 4.69) is 10.6 Å². The number of rotatable bonds is 2. The van der Waals surface area contributed by atoms with Crippen LogP contribution in [0.3, 0.4) is 0 Å². The molecule has 0 radical (unpaired) electrons. The number of anilines is 2. The number of phenols is 1. The second-order valence-corrected chi connectivity index (χ2v) is 5.38. The highest BCUT2D eigenvalue weighted by molar-refractivity contribution is 6.06. The van der Waals surface area contributed by atoms with Crippen LogP contribution in [0.2, 0.25) is 0 Å². The first kappa shape index (κ1) is 13.5. The van der Waals surface area contributed by atoms with Crippen molar-refractivity contribution in [1.29, 1.82) is 0 Å². The lowest BCUT2D eigenvalue weighted by molar-refractivity contribution is 0.102. The standard InChI is InChI=1S/C17H18N2O2/c1-11-4-7-16(20)14(9-11)17(21)19-13-6-5-12-3-2-8-18-15(12)10-13/h4-7,9-10,18,20H,2-3,8H2,1H3,(H,19,21). The molecule has 3 rings (SSSR count). The summed E-state index contributed by atoms with van der Waals surface area (Å²) in [6.45, 7) is 2.85. The summed E-state index contributed by atoms with van der Waals surface area (Å²) in [6, 6.07) is 10.9. The number of fused-ring (bicyclic) bond motifs is 1. The Morgan fingerprint density at radius 3 is 2.95 bits per heavy atom. The molecule has 1 amide bonds. The zero-order valence-corrected chi connectivity index (χ0v) is 11.9. The zero-order chi connectivity index (χ0) is 14.8. The lowest BCUT2D eigenvalue weighted by atomic mass is 10.0. The third-order valence-corrected chi connectivity index (χ3v) is 3.70. The Morgan fingerprint density at radius 2 is 2.10 bits per heavy atom. The monoisotopic (exact) mass is 282 g/mol. The summed E-state index contributed by atoms with van der Waals surface area (Å²) in [6.07, 6.45) is 2.20. The van der Waals surface area contributed by atoms with Crippen molar-refractivity contribution >= 4 is 17.3 Å². The third kappa shape index (κ3) is 2.84. The summed E-state index contributed by atoms with van der Waals surface area (Å²) in [5.74, 6) is -0.304. The number of hydrogen-bond acceptors (Lipinski definition) is 3. The van der Waals surface area contributed by atoms with E-state index in [9.17, 15) is 9.90 Å². The fraction of sp³-hybridized carbons (Fsp3) is 0.235. The second kappa shape index (κ2) is 5.48. The predicted molar refractivity (Wildman–Crippen MR) is 84.0 cm³/mol. The normalized spacial score (nSPS) is 13.2. The molecule has 1 aliphatic heterocycles. The van der Waals surface area contributed by atoms with Crippen LogP contribution >= 0.6 is 0 Å². The van der Waals surface area contributed by atoms with Gasteiger partial charge in [0.25, 0.3) is 5.91 Å². The van der Waals surface area contributed by atoms with Crippen LogP contribution in [0.5, 0.6) is 5.75 Å². The molecule has 0 saturated carbocycles. The minimum Gasteiger partial charge on any atom is -0.507 e. The topological polar surface area (TPSA) is 61.4 Å². The maximum atomic E-state index is 12.3. The lowest BCUT2D eigenvalue weighted by Crippen LogP contribution is -2.15. The van der Waals surface area contributed by atoms with Gasteiger partial charge in [-0.05, 0) is 49.6 Å². The van der Waals surface area contributed by atoms with Gasteiger partial charge in [0, 0.05) is 17.9 Å². The molecule has 1 heterocycles. The van der Waals surface area contributed by atoms with E-state index in [-0.39, 0.29) is 11.7 Å². The fourth-order valence-electron chi connectivity index (χ4n) is 2.57. The Kier molecular flexibility index (Phi) is 3.52. The Hall–Kier alpha value is -2.49. The summed E-state index contributed by atoms with van der Waals surface area (Å²) in [7, 11) is 0. The van der Waals surface area contributed by atoms with Crippen molar-refractivity contribution in [3.8, 4) is 5.75 Å². The van der Waals surface area contributed by atoms with E-state index < -0.39 is 0 Å². The molecular weight excluding hydrogens is 264 g/mol. The highest BCUT2D eigenvalue weighted by atomic mass is 16.3. The Bertz CT molecular complexity index is 695. The quantitative estimate of drug-likeness (QED) is 0.792. The summed E-state index contributed by atoms with van der Waals surface area (Å²) < 4.78 is 0. The Balaban J connectivity index is 1.83. The predicted octanol–water partition coefficient (Wildman–Crippen LogP) is 3.31. The molecule has 4 heteroatoms. The van der Waals surface area contributed by atoms with Crippen LogP contribution in [0, 0.1) is 6.92 Å². The minimum absolute atomic E-state index is 0.00538. The number of aryl methyl sites for hydroxylation is 2. The molecule has 2 aromatic rings. The molecule has 108 valence electrons. The van der Waals surface area contributed by atoms with Crippen LogP contribution < -0.4 is 10.6 Å². The summed E-state index contributed by atoms with van der Waals surface area (Å²) in [5, 5.41) is 16.0. The fourth-order valence-corrected chi connectivity index (χ4v) is 2.57. The molecule has 0 bridgehead atoms. The van der Waals surface area contributed by atoms with Crippen LogP contribution in [-0.4, -0.2) is 17.6 Å². The van der Waals surface area contributed by atoms with Gasteiger partial charge in [0.2, 0.25) is 0 Å². The van der Waals surface area contributed by atoms with Gasteiger partial charge in [-0.15, -0.1) is 0 Å². The van der Waals surface area contributed by atoms with E-state index in [4.69, 9.17) is 0 Å². The van der Waals surface area contributed by atoms with Gasteiger partial charge in [-0.25, -0.2) is 0 Å². The van der Waals surface area contributed by atoms with Crippen molar-refractivity contribution in [2.24, 2.45) is 0 Å². The number of nitrogens with one attached hydrogen (secondary N) is 2. The molecule has 0 fully saturated rings. The molecule has 2 aromatic carbocycles. The van der Waals surface area contributed by atoms with Crippen molar-refractivity contribution in [2.75, 3.05) is 17.2 Å². The maximum Gasteiger partial charge on any atom is 0.259 e. The average molecular weight is 282 g/mol. The van der Waals surface area contributed by atoms with Crippen molar-refractivity contribution in [2.45, 2.75) is 19.8 Å². The van der Waals surface area contributed by atoms with Crippen molar-refractivity contribution in [3.05, 3.63) is 53.1 Å². The number of phenolic OH excluding ortho intramolecular Hbond substituents is 1. The molecule has 0 saturated heterocycles. The molecular formula is C17H18N2O2. The van der Waals surface area contributed by atoms with Gasteiger partial charge >= 0.3 is 0 Å². The van der Waals surface area contributed by atoms with Gasteiger partial charge in [0.15, 0.2) is 0 Å². The van der Waals surface area contributed by atoms with E-state index in [1.807, 2.05) is 25.1 Å². The van der Waals surface area contributed by atoms with E-state index in [1.54, 1.807) is 18.2 Å². The third-order valence-electron chi connectivity index (χ3n) is 3.70. The molecule has 21 heavy (non-hydrogen) atoms. The van der Waals surface area contributed by atoms with Crippen molar-refractivity contribution < 1.29 is 9.90 Å². The van der Waals surface area contributed by atoms with Crippen molar-refractivity contribution in [1.82, 2.24) is 0 Å². The minimum atomic E-state index is -0.299. The average Bonchev–Trinajstić information content (AvgIpc) is 2.49. The van der Waals surface area contributed by atoms with Gasteiger partial charge < -0.3 is 15.7 Å². The van der Waals surface area contributed by atoms with Crippen molar-refractivity contribution in [3.63, 3.8) is 0 Å². The number of amides is 1.